The third-order valence-corrected chi connectivity index (χ3v) is 9.36. The van der Waals surface area contributed by atoms with Gasteiger partial charge in [-0.15, -0.1) is 0 Å². The Labute approximate surface area is 143 Å². The van der Waals surface area contributed by atoms with Crippen LogP contribution < -0.4 is 0 Å². The first kappa shape index (κ1) is 18.9. The summed E-state index contributed by atoms with van der Waals surface area (Å²) in [5.41, 5.74) is -4.49. The molecule has 6 unspecified atom stereocenters. The highest BCUT2D eigenvalue weighted by Gasteiger charge is 2.84. The van der Waals surface area contributed by atoms with Crippen LogP contribution in [0.1, 0.15) is 34.1 Å². The number of hydrogen-bond acceptors (Lipinski definition) is 7. The predicted molar refractivity (Wildman–Crippen MR) is 78.6 cm³/mol. The lowest BCUT2D eigenvalue weighted by Crippen LogP contribution is -2.62. The second-order valence-corrected chi connectivity index (χ2v) is 10.8. The molecule has 0 amide bonds. The van der Waals surface area contributed by atoms with Crippen LogP contribution in [-0.4, -0.2) is 49.1 Å². The van der Waals surface area contributed by atoms with Crippen molar-refractivity contribution in [2.45, 2.75) is 55.8 Å². The summed E-state index contributed by atoms with van der Waals surface area (Å²) in [4.78, 5) is 11.9. The highest BCUT2D eigenvalue weighted by Crippen LogP contribution is 2.74. The second kappa shape index (κ2) is 4.52. The molecule has 1 saturated heterocycles. The Morgan fingerprint density at radius 2 is 1.84 bits per heavy atom. The molecule has 0 spiro atoms. The molecule has 6 atom stereocenters. The molecule has 1 heterocycles. The number of fused-ring (bicyclic) bond motifs is 1. The first-order valence-corrected chi connectivity index (χ1v) is 10.4. The molecule has 1 N–H and O–H groups in total. The summed E-state index contributed by atoms with van der Waals surface area (Å²) in [5.74, 6) is -3.42. The number of hydrogen-bond donors (Lipinski definition) is 1. The molecule has 0 aromatic heterocycles. The van der Waals surface area contributed by atoms with Gasteiger partial charge in [-0.05, 0) is 26.2 Å². The minimum atomic E-state index is -6.04. The Morgan fingerprint density at radius 1 is 1.32 bits per heavy atom. The van der Waals surface area contributed by atoms with Crippen LogP contribution in [0, 0.1) is 17.3 Å². The highest BCUT2D eigenvalue weighted by atomic mass is 32.2. The number of halogens is 2. The van der Waals surface area contributed by atoms with Crippen LogP contribution >= 0.6 is 0 Å². The van der Waals surface area contributed by atoms with Gasteiger partial charge in [-0.3, -0.25) is 8.74 Å². The maximum absolute atomic E-state index is 13.7. The average molecular weight is 404 g/mol. The molecule has 3 aliphatic rings. The van der Waals surface area contributed by atoms with E-state index in [4.69, 9.17) is 13.5 Å². The van der Waals surface area contributed by atoms with E-state index in [1.807, 2.05) is 0 Å². The summed E-state index contributed by atoms with van der Waals surface area (Å²) < 4.78 is 92.1. The van der Waals surface area contributed by atoms with Gasteiger partial charge in [0, 0.05) is 11.3 Å². The normalized spacial score (nSPS) is 47.9. The number of ether oxygens (including phenoxy) is 1. The fraction of sp³-hybridized carbons (Fsp3) is 0.923. The molecular formula is C13H18F2O8S2. The molecule has 2 saturated carbocycles. The lowest BCUT2D eigenvalue weighted by Gasteiger charge is -2.48. The number of carbonyl (C=O) groups is 1. The summed E-state index contributed by atoms with van der Waals surface area (Å²) in [6.07, 6.45) is 0.0258. The van der Waals surface area contributed by atoms with Gasteiger partial charge in [0.1, 0.15) is 11.2 Å². The van der Waals surface area contributed by atoms with E-state index < -0.39 is 59.2 Å². The Balaban J connectivity index is 2.10. The van der Waals surface area contributed by atoms with Crippen LogP contribution in [-0.2, 0) is 34.0 Å². The lowest BCUT2D eigenvalue weighted by atomic mass is 9.65. The maximum atomic E-state index is 13.7. The monoisotopic (exact) mass is 404 g/mol. The van der Waals surface area contributed by atoms with E-state index in [0.717, 1.165) is 0 Å². The van der Waals surface area contributed by atoms with Crippen molar-refractivity contribution in [3.63, 3.8) is 0 Å². The number of alkyl halides is 2. The van der Waals surface area contributed by atoms with Gasteiger partial charge in [-0.25, -0.2) is 4.79 Å². The SMILES string of the molecule is CC1C2C3CC1(C)C(C)(OC(=O)C(F)(F)S(=O)(=O)O)C2(C)OS3(=O)=O. The second-order valence-electron chi connectivity index (χ2n) is 7.57. The van der Waals surface area contributed by atoms with Crippen molar-refractivity contribution in [2.75, 3.05) is 0 Å². The van der Waals surface area contributed by atoms with E-state index in [1.165, 1.54) is 13.8 Å². The Kier molecular flexibility index (Phi) is 3.42. The highest BCUT2D eigenvalue weighted by molar-refractivity contribution is 7.88. The molecule has 2 bridgehead atoms. The third kappa shape index (κ3) is 1.88. The molecular weight excluding hydrogens is 386 g/mol. The summed E-state index contributed by atoms with van der Waals surface area (Å²) >= 11 is 0. The van der Waals surface area contributed by atoms with E-state index in [1.54, 1.807) is 13.8 Å². The minimum absolute atomic E-state index is 0.0258. The van der Waals surface area contributed by atoms with Gasteiger partial charge in [0.2, 0.25) is 0 Å². The number of esters is 1. The summed E-state index contributed by atoms with van der Waals surface area (Å²) in [5, 5.41) is -6.02. The van der Waals surface area contributed by atoms with Crippen molar-refractivity contribution < 1.29 is 43.9 Å². The van der Waals surface area contributed by atoms with Crippen LogP contribution in [0.4, 0.5) is 8.78 Å². The summed E-state index contributed by atoms with van der Waals surface area (Å²) in [7, 11) is -10.0. The van der Waals surface area contributed by atoms with Crippen molar-refractivity contribution in [2.24, 2.45) is 17.3 Å². The zero-order valence-corrected chi connectivity index (χ0v) is 15.4. The first-order chi connectivity index (χ1) is 11.0. The molecule has 144 valence electrons. The van der Waals surface area contributed by atoms with Gasteiger partial charge < -0.3 is 4.74 Å². The maximum Gasteiger partial charge on any atom is 0.465 e. The van der Waals surface area contributed by atoms with Crippen molar-refractivity contribution in [1.29, 1.82) is 0 Å². The van der Waals surface area contributed by atoms with Gasteiger partial charge in [0.15, 0.2) is 0 Å². The standard InChI is InChI=1S/C13H18F2O8S2/c1-6-8-7-5-10(6,2)12(4,11(8,3)23-24(7,17)18)22-9(16)13(14,15)25(19,20)21/h6-8H,5H2,1-4H3,(H,19,20,21). The van der Waals surface area contributed by atoms with Crippen LogP contribution in [0.3, 0.4) is 0 Å². The third-order valence-electron chi connectivity index (χ3n) is 6.76. The zero-order chi connectivity index (χ0) is 19.4. The molecule has 12 heteroatoms. The lowest BCUT2D eigenvalue weighted by molar-refractivity contribution is -0.216. The molecule has 0 radical (unpaired) electrons. The molecule has 0 aromatic carbocycles. The van der Waals surface area contributed by atoms with Crippen molar-refractivity contribution >= 4 is 26.2 Å². The van der Waals surface area contributed by atoms with Crippen molar-refractivity contribution in [1.82, 2.24) is 0 Å². The van der Waals surface area contributed by atoms with E-state index in [2.05, 4.69) is 0 Å². The Bertz CT molecular complexity index is 868. The Hall–Kier alpha value is -0.850. The van der Waals surface area contributed by atoms with Gasteiger partial charge >= 0.3 is 21.3 Å². The van der Waals surface area contributed by atoms with E-state index >= 15 is 0 Å². The first-order valence-electron chi connectivity index (χ1n) is 7.48. The number of rotatable bonds is 3. The van der Waals surface area contributed by atoms with Gasteiger partial charge in [-0.2, -0.15) is 25.6 Å². The van der Waals surface area contributed by atoms with Crippen LogP contribution in [0.25, 0.3) is 0 Å². The van der Waals surface area contributed by atoms with Gasteiger partial charge in [0.05, 0.1) is 5.25 Å². The topological polar surface area (TPSA) is 124 Å². The number of carbonyl (C=O) groups excluding carboxylic acids is 1. The minimum Gasteiger partial charge on any atom is -0.450 e. The quantitative estimate of drug-likeness (QED) is 0.419. The van der Waals surface area contributed by atoms with Crippen LogP contribution in [0.15, 0.2) is 0 Å². The van der Waals surface area contributed by atoms with Gasteiger partial charge in [0.25, 0.3) is 10.1 Å². The smallest absolute Gasteiger partial charge is 0.450 e. The zero-order valence-electron chi connectivity index (χ0n) is 13.8. The fourth-order valence-corrected chi connectivity index (χ4v) is 7.62. The predicted octanol–water partition coefficient (Wildman–Crippen LogP) is 0.932. The van der Waals surface area contributed by atoms with Crippen LogP contribution in [0.2, 0.25) is 0 Å². The summed E-state index contributed by atoms with van der Waals surface area (Å²) in [6, 6.07) is 0. The largest absolute Gasteiger partial charge is 0.465 e. The molecule has 2 aliphatic carbocycles. The van der Waals surface area contributed by atoms with Crippen molar-refractivity contribution in [3.8, 4) is 0 Å². The molecule has 25 heavy (non-hydrogen) atoms. The molecule has 1 aliphatic heterocycles. The van der Waals surface area contributed by atoms with E-state index in [0.29, 0.717) is 0 Å². The molecule has 8 nitrogen and oxygen atoms in total. The molecule has 3 rings (SSSR count). The van der Waals surface area contributed by atoms with Crippen molar-refractivity contribution in [3.05, 3.63) is 0 Å². The average Bonchev–Trinajstić information content (AvgIpc) is 2.83. The Morgan fingerprint density at radius 3 is 2.32 bits per heavy atom. The molecule has 0 aromatic rings. The summed E-state index contributed by atoms with van der Waals surface area (Å²) in [6.45, 7) is 5.93. The van der Waals surface area contributed by atoms with E-state index in [-0.39, 0.29) is 12.3 Å². The molecule has 3 fully saturated rings. The van der Waals surface area contributed by atoms with Gasteiger partial charge in [-0.1, -0.05) is 13.8 Å². The van der Waals surface area contributed by atoms with E-state index in [9.17, 15) is 30.4 Å². The van der Waals surface area contributed by atoms with Crippen LogP contribution in [0.5, 0.6) is 0 Å². The fourth-order valence-electron chi connectivity index (χ4n) is 5.08.